The van der Waals surface area contributed by atoms with Crippen molar-refractivity contribution >= 4 is 0 Å². The Morgan fingerprint density at radius 2 is 1.84 bits per heavy atom. The molecular weight excluding hydrogens is 234 g/mol. The molecule has 0 radical (unpaired) electrons. The molecule has 2 heteroatoms. The van der Waals surface area contributed by atoms with Crippen LogP contribution in [0.3, 0.4) is 0 Å². The average Bonchev–Trinajstić information content (AvgIpc) is 2.48. The van der Waals surface area contributed by atoms with Crippen LogP contribution < -0.4 is 4.74 Å². The zero-order chi connectivity index (χ0) is 13.1. The fourth-order valence-electron chi connectivity index (χ4n) is 3.37. The molecule has 0 saturated heterocycles. The van der Waals surface area contributed by atoms with E-state index in [1.807, 2.05) is 6.07 Å². The van der Waals surface area contributed by atoms with Gasteiger partial charge in [0.2, 0.25) is 0 Å². The molecule has 1 aromatic carbocycles. The van der Waals surface area contributed by atoms with Crippen molar-refractivity contribution in [1.29, 1.82) is 0 Å². The first-order valence-corrected chi connectivity index (χ1v) is 7.41. The van der Waals surface area contributed by atoms with Gasteiger partial charge in [-0.3, -0.25) is 4.90 Å². The van der Waals surface area contributed by atoms with Gasteiger partial charge in [0.15, 0.2) is 0 Å². The molecule has 102 valence electrons. The van der Waals surface area contributed by atoms with Gasteiger partial charge in [-0.1, -0.05) is 29.3 Å². The van der Waals surface area contributed by atoms with Crippen molar-refractivity contribution in [1.82, 2.24) is 4.90 Å². The van der Waals surface area contributed by atoms with Gasteiger partial charge in [0, 0.05) is 25.2 Å². The van der Waals surface area contributed by atoms with E-state index >= 15 is 0 Å². The molecule has 1 aliphatic heterocycles. The predicted octanol–water partition coefficient (Wildman–Crippen LogP) is 3.77. The summed E-state index contributed by atoms with van der Waals surface area (Å²) in [5.41, 5.74) is 4.81. The number of hydrogen-bond donors (Lipinski definition) is 0. The molecular formula is C17H23NO. The van der Waals surface area contributed by atoms with Crippen molar-refractivity contribution in [2.24, 2.45) is 0 Å². The van der Waals surface area contributed by atoms with Crippen LogP contribution in [0.4, 0.5) is 0 Å². The summed E-state index contributed by atoms with van der Waals surface area (Å²) >= 11 is 0. The summed E-state index contributed by atoms with van der Waals surface area (Å²) in [4.78, 5) is 2.57. The SMILES string of the molecule is COc1ccccc1CN1CCC2=C(CCCC2)C1. The molecule has 3 rings (SSSR count). The zero-order valence-corrected chi connectivity index (χ0v) is 11.8. The van der Waals surface area contributed by atoms with E-state index in [0.717, 1.165) is 12.3 Å². The van der Waals surface area contributed by atoms with Gasteiger partial charge >= 0.3 is 0 Å². The number of para-hydroxylation sites is 1. The lowest BCUT2D eigenvalue weighted by molar-refractivity contribution is 0.262. The van der Waals surface area contributed by atoms with Gasteiger partial charge in [-0.25, -0.2) is 0 Å². The van der Waals surface area contributed by atoms with Crippen LogP contribution in [0.5, 0.6) is 5.75 Å². The highest BCUT2D eigenvalue weighted by molar-refractivity contribution is 5.33. The Morgan fingerprint density at radius 3 is 2.68 bits per heavy atom. The lowest BCUT2D eigenvalue weighted by Crippen LogP contribution is -2.32. The minimum Gasteiger partial charge on any atom is -0.496 e. The highest BCUT2D eigenvalue weighted by Crippen LogP contribution is 2.32. The van der Waals surface area contributed by atoms with Gasteiger partial charge in [-0.05, 0) is 38.2 Å². The molecule has 0 aromatic heterocycles. The highest BCUT2D eigenvalue weighted by atomic mass is 16.5. The maximum atomic E-state index is 5.45. The summed E-state index contributed by atoms with van der Waals surface area (Å²) in [6.07, 6.45) is 6.77. The van der Waals surface area contributed by atoms with Crippen molar-refractivity contribution in [2.45, 2.75) is 38.6 Å². The van der Waals surface area contributed by atoms with E-state index in [1.165, 1.54) is 50.8 Å². The molecule has 19 heavy (non-hydrogen) atoms. The van der Waals surface area contributed by atoms with E-state index in [9.17, 15) is 0 Å². The number of benzene rings is 1. The Balaban J connectivity index is 1.70. The van der Waals surface area contributed by atoms with Crippen molar-refractivity contribution in [2.75, 3.05) is 20.2 Å². The Labute approximate surface area is 116 Å². The Hall–Kier alpha value is -1.28. The van der Waals surface area contributed by atoms with Gasteiger partial charge in [0.05, 0.1) is 7.11 Å². The fourth-order valence-corrected chi connectivity index (χ4v) is 3.37. The number of ether oxygens (including phenoxy) is 1. The van der Waals surface area contributed by atoms with E-state index in [1.54, 1.807) is 18.3 Å². The molecule has 0 amide bonds. The van der Waals surface area contributed by atoms with Crippen molar-refractivity contribution in [3.8, 4) is 5.75 Å². The summed E-state index contributed by atoms with van der Waals surface area (Å²) in [7, 11) is 1.76. The van der Waals surface area contributed by atoms with Gasteiger partial charge in [0.1, 0.15) is 5.75 Å². The molecule has 1 heterocycles. The van der Waals surface area contributed by atoms with Crippen LogP contribution in [0, 0.1) is 0 Å². The third kappa shape index (κ3) is 2.84. The minimum absolute atomic E-state index is 1.01. The summed E-state index contributed by atoms with van der Waals surface area (Å²) in [6, 6.07) is 8.39. The summed E-state index contributed by atoms with van der Waals surface area (Å²) in [5.74, 6) is 1.02. The lowest BCUT2D eigenvalue weighted by Gasteiger charge is -2.33. The molecule has 1 aliphatic carbocycles. The number of rotatable bonds is 3. The molecule has 0 fully saturated rings. The molecule has 1 aromatic rings. The molecule has 0 bridgehead atoms. The van der Waals surface area contributed by atoms with Crippen LogP contribution in [-0.2, 0) is 6.54 Å². The maximum Gasteiger partial charge on any atom is 0.123 e. The van der Waals surface area contributed by atoms with Crippen molar-refractivity contribution < 1.29 is 4.74 Å². The lowest BCUT2D eigenvalue weighted by atomic mass is 9.87. The van der Waals surface area contributed by atoms with E-state index in [-0.39, 0.29) is 0 Å². The van der Waals surface area contributed by atoms with E-state index in [2.05, 4.69) is 23.1 Å². The van der Waals surface area contributed by atoms with Crippen molar-refractivity contribution in [3.63, 3.8) is 0 Å². The second-order valence-electron chi connectivity index (χ2n) is 5.69. The summed E-state index contributed by atoms with van der Waals surface area (Å²) < 4.78 is 5.45. The van der Waals surface area contributed by atoms with Crippen LogP contribution in [-0.4, -0.2) is 25.1 Å². The van der Waals surface area contributed by atoms with Gasteiger partial charge in [-0.15, -0.1) is 0 Å². The first kappa shape index (κ1) is 12.7. The first-order chi connectivity index (χ1) is 9.36. The second-order valence-corrected chi connectivity index (χ2v) is 5.69. The quantitative estimate of drug-likeness (QED) is 0.764. The van der Waals surface area contributed by atoms with Crippen LogP contribution in [0.25, 0.3) is 0 Å². The zero-order valence-electron chi connectivity index (χ0n) is 11.8. The van der Waals surface area contributed by atoms with Crippen LogP contribution in [0.1, 0.15) is 37.7 Å². The normalized spacial score (nSPS) is 20.3. The first-order valence-electron chi connectivity index (χ1n) is 7.41. The number of methoxy groups -OCH3 is 1. The molecule has 0 N–H and O–H groups in total. The Kier molecular flexibility index (Phi) is 3.88. The number of nitrogens with zero attached hydrogens (tertiary/aromatic N) is 1. The molecule has 0 unspecified atom stereocenters. The van der Waals surface area contributed by atoms with Crippen LogP contribution >= 0.6 is 0 Å². The largest absolute Gasteiger partial charge is 0.496 e. The maximum absolute atomic E-state index is 5.45. The number of hydrogen-bond acceptors (Lipinski definition) is 2. The summed E-state index contributed by atoms with van der Waals surface area (Å²) in [5, 5.41) is 0. The van der Waals surface area contributed by atoms with Crippen LogP contribution in [0.2, 0.25) is 0 Å². The summed E-state index contributed by atoms with van der Waals surface area (Å²) in [6.45, 7) is 3.39. The third-order valence-corrected chi connectivity index (χ3v) is 4.44. The minimum atomic E-state index is 1.01. The fraction of sp³-hybridized carbons (Fsp3) is 0.529. The smallest absolute Gasteiger partial charge is 0.123 e. The molecule has 0 spiro atoms. The molecule has 0 atom stereocenters. The molecule has 2 aliphatic rings. The predicted molar refractivity (Wildman–Crippen MR) is 78.4 cm³/mol. The van der Waals surface area contributed by atoms with Gasteiger partial charge in [0.25, 0.3) is 0 Å². The Bertz CT molecular complexity index is 478. The van der Waals surface area contributed by atoms with E-state index < -0.39 is 0 Å². The molecule has 2 nitrogen and oxygen atoms in total. The van der Waals surface area contributed by atoms with Crippen molar-refractivity contribution in [3.05, 3.63) is 41.0 Å². The average molecular weight is 257 g/mol. The topological polar surface area (TPSA) is 12.5 Å². The molecule has 0 saturated carbocycles. The Morgan fingerprint density at radius 1 is 1.05 bits per heavy atom. The van der Waals surface area contributed by atoms with E-state index in [4.69, 9.17) is 4.74 Å². The van der Waals surface area contributed by atoms with E-state index in [0.29, 0.717) is 0 Å². The standard InChI is InChI=1S/C17H23NO/c1-19-17-9-5-4-8-16(17)13-18-11-10-14-6-2-3-7-15(14)12-18/h4-5,8-9H,2-3,6-7,10-13H2,1H3. The van der Waals surface area contributed by atoms with Crippen LogP contribution in [0.15, 0.2) is 35.4 Å². The highest BCUT2D eigenvalue weighted by Gasteiger charge is 2.21. The monoisotopic (exact) mass is 257 g/mol. The third-order valence-electron chi connectivity index (χ3n) is 4.44. The second kappa shape index (κ2) is 5.79. The van der Waals surface area contributed by atoms with Gasteiger partial charge < -0.3 is 4.74 Å². The van der Waals surface area contributed by atoms with Gasteiger partial charge in [-0.2, -0.15) is 0 Å².